The van der Waals surface area contributed by atoms with Crippen molar-refractivity contribution in [2.45, 2.75) is 16.7 Å². The Morgan fingerprint density at radius 1 is 1.24 bits per heavy atom. The van der Waals surface area contributed by atoms with Crippen molar-refractivity contribution in [3.63, 3.8) is 0 Å². The van der Waals surface area contributed by atoms with Crippen LogP contribution in [0.5, 0.6) is 0 Å². The van der Waals surface area contributed by atoms with Crippen LogP contribution in [0.4, 0.5) is 14.5 Å². The minimum absolute atomic E-state index is 0.239. The molecule has 0 amide bonds. The molecule has 2 aromatic rings. The van der Waals surface area contributed by atoms with E-state index >= 15 is 0 Å². The number of hydrogen-bond acceptors (Lipinski definition) is 4. The van der Waals surface area contributed by atoms with E-state index in [9.17, 15) is 13.6 Å². The van der Waals surface area contributed by atoms with E-state index in [1.165, 1.54) is 6.07 Å². The molecule has 2 N–H and O–H groups in total. The highest BCUT2D eigenvalue weighted by molar-refractivity contribution is 7.99. The van der Waals surface area contributed by atoms with Crippen LogP contribution in [0.1, 0.15) is 17.3 Å². The van der Waals surface area contributed by atoms with Gasteiger partial charge in [-0.05, 0) is 37.3 Å². The molecule has 0 heterocycles. The van der Waals surface area contributed by atoms with Crippen LogP contribution in [0.25, 0.3) is 0 Å². The van der Waals surface area contributed by atoms with Crippen LogP contribution >= 0.6 is 11.8 Å². The van der Waals surface area contributed by atoms with Crippen LogP contribution in [0.3, 0.4) is 0 Å². The molecule has 0 aliphatic rings. The van der Waals surface area contributed by atoms with Gasteiger partial charge in [-0.2, -0.15) is 0 Å². The molecule has 0 radical (unpaired) electrons. The Balaban J connectivity index is 2.38. The van der Waals surface area contributed by atoms with Crippen molar-refractivity contribution in [2.75, 3.05) is 12.3 Å². The van der Waals surface area contributed by atoms with Crippen LogP contribution in [-0.4, -0.2) is 12.6 Å². The molecule has 0 atom stereocenters. The van der Waals surface area contributed by atoms with Crippen molar-refractivity contribution in [1.82, 2.24) is 0 Å². The zero-order chi connectivity index (χ0) is 15.4. The summed E-state index contributed by atoms with van der Waals surface area (Å²) in [6.07, 6.45) is 0. The van der Waals surface area contributed by atoms with Crippen molar-refractivity contribution in [3.8, 4) is 0 Å². The number of anilines is 1. The first-order chi connectivity index (χ1) is 10.0. The normalized spacial score (nSPS) is 10.4. The number of esters is 1. The van der Waals surface area contributed by atoms with Gasteiger partial charge in [0.25, 0.3) is 0 Å². The lowest BCUT2D eigenvalue weighted by molar-refractivity contribution is 0.0522. The summed E-state index contributed by atoms with van der Waals surface area (Å²) in [6.45, 7) is 1.94. The number of rotatable bonds is 4. The molecule has 0 aromatic heterocycles. The number of benzene rings is 2. The molecule has 3 nitrogen and oxygen atoms in total. The van der Waals surface area contributed by atoms with E-state index in [0.29, 0.717) is 21.0 Å². The second-order valence-electron chi connectivity index (χ2n) is 4.12. The zero-order valence-corrected chi connectivity index (χ0v) is 12.0. The molecule has 0 fully saturated rings. The van der Waals surface area contributed by atoms with E-state index in [-0.39, 0.29) is 6.61 Å². The highest BCUT2D eigenvalue weighted by atomic mass is 32.2. The lowest BCUT2D eigenvalue weighted by Crippen LogP contribution is -2.07. The highest BCUT2D eigenvalue weighted by Gasteiger charge is 2.16. The number of nitrogens with two attached hydrogens (primary N) is 1. The third-order valence-electron chi connectivity index (χ3n) is 2.65. The van der Waals surface area contributed by atoms with E-state index in [4.69, 9.17) is 10.5 Å². The summed E-state index contributed by atoms with van der Waals surface area (Å²) in [6, 6.07) is 8.35. The molecule has 0 aliphatic carbocycles. The minimum Gasteiger partial charge on any atom is -0.462 e. The standard InChI is InChI=1S/C15H13F2NO2S/c1-2-20-15(19)10-4-3-5-13(18)14(10)21-9-6-7-11(16)12(17)8-9/h3-8H,2,18H2,1H3. The van der Waals surface area contributed by atoms with Crippen LogP contribution in [-0.2, 0) is 4.74 Å². The summed E-state index contributed by atoms with van der Waals surface area (Å²) >= 11 is 1.09. The van der Waals surface area contributed by atoms with Gasteiger partial charge in [0.1, 0.15) is 0 Å². The second-order valence-corrected chi connectivity index (χ2v) is 5.21. The lowest BCUT2D eigenvalue weighted by Gasteiger charge is -2.11. The summed E-state index contributed by atoms with van der Waals surface area (Å²) in [5, 5.41) is 0. The monoisotopic (exact) mass is 309 g/mol. The SMILES string of the molecule is CCOC(=O)c1cccc(N)c1Sc1ccc(F)c(F)c1. The number of nitrogen functional groups attached to an aromatic ring is 1. The van der Waals surface area contributed by atoms with Crippen LogP contribution in [0, 0.1) is 11.6 Å². The highest BCUT2D eigenvalue weighted by Crippen LogP contribution is 2.35. The molecule has 0 saturated carbocycles. The maximum atomic E-state index is 13.3. The third kappa shape index (κ3) is 3.52. The maximum Gasteiger partial charge on any atom is 0.339 e. The lowest BCUT2D eigenvalue weighted by atomic mass is 10.2. The first-order valence-electron chi connectivity index (χ1n) is 6.21. The summed E-state index contributed by atoms with van der Waals surface area (Å²) in [5.74, 6) is -2.38. The molecule has 2 rings (SSSR count). The fourth-order valence-electron chi connectivity index (χ4n) is 1.70. The van der Waals surface area contributed by atoms with E-state index in [0.717, 1.165) is 23.9 Å². The number of carbonyl (C=O) groups excluding carboxylic acids is 1. The number of halogens is 2. The zero-order valence-electron chi connectivity index (χ0n) is 11.2. The summed E-state index contributed by atoms with van der Waals surface area (Å²) < 4.78 is 31.2. The average Bonchev–Trinajstić information content (AvgIpc) is 2.45. The van der Waals surface area contributed by atoms with Gasteiger partial charge >= 0.3 is 5.97 Å². The Morgan fingerprint density at radius 2 is 2.00 bits per heavy atom. The van der Waals surface area contributed by atoms with E-state index in [1.807, 2.05) is 0 Å². The van der Waals surface area contributed by atoms with Crippen LogP contribution in [0.2, 0.25) is 0 Å². The molecular formula is C15H13F2NO2S. The number of ether oxygens (including phenoxy) is 1. The molecule has 0 bridgehead atoms. The molecule has 0 saturated heterocycles. The maximum absolute atomic E-state index is 13.3. The van der Waals surface area contributed by atoms with Gasteiger partial charge in [0, 0.05) is 15.5 Å². The molecular weight excluding hydrogens is 296 g/mol. The molecule has 0 spiro atoms. The number of hydrogen-bond donors (Lipinski definition) is 1. The second kappa shape index (κ2) is 6.58. The molecule has 110 valence electrons. The van der Waals surface area contributed by atoms with Crippen molar-refractivity contribution >= 4 is 23.4 Å². The van der Waals surface area contributed by atoms with Gasteiger partial charge in [-0.25, -0.2) is 13.6 Å². The largest absolute Gasteiger partial charge is 0.462 e. The smallest absolute Gasteiger partial charge is 0.339 e. The third-order valence-corrected chi connectivity index (χ3v) is 3.80. The van der Waals surface area contributed by atoms with E-state index in [1.54, 1.807) is 25.1 Å². The Bertz CT molecular complexity index is 677. The fraction of sp³-hybridized carbons (Fsp3) is 0.133. The summed E-state index contributed by atoms with van der Waals surface area (Å²) in [4.78, 5) is 12.8. The minimum atomic E-state index is -0.952. The Labute approximate surface area is 125 Å². The van der Waals surface area contributed by atoms with Crippen molar-refractivity contribution in [1.29, 1.82) is 0 Å². The van der Waals surface area contributed by atoms with Gasteiger partial charge in [0.15, 0.2) is 11.6 Å². The summed E-state index contributed by atoms with van der Waals surface area (Å²) in [5.41, 5.74) is 6.54. The van der Waals surface area contributed by atoms with Gasteiger partial charge in [-0.1, -0.05) is 17.8 Å². The Kier molecular flexibility index (Phi) is 4.80. The van der Waals surface area contributed by atoms with Gasteiger partial charge in [-0.15, -0.1) is 0 Å². The predicted octanol–water partition coefficient (Wildman–Crippen LogP) is 3.87. The van der Waals surface area contributed by atoms with Crippen molar-refractivity contribution < 1.29 is 18.3 Å². The quantitative estimate of drug-likeness (QED) is 0.688. The predicted molar refractivity (Wildman–Crippen MR) is 77.3 cm³/mol. The topological polar surface area (TPSA) is 52.3 Å². The summed E-state index contributed by atoms with van der Waals surface area (Å²) in [7, 11) is 0. The first kappa shape index (κ1) is 15.3. The van der Waals surface area contributed by atoms with Gasteiger partial charge < -0.3 is 10.5 Å². The molecule has 6 heteroatoms. The van der Waals surface area contributed by atoms with Crippen molar-refractivity contribution in [2.24, 2.45) is 0 Å². The molecule has 0 aliphatic heterocycles. The first-order valence-corrected chi connectivity index (χ1v) is 7.03. The Morgan fingerprint density at radius 3 is 2.67 bits per heavy atom. The number of carbonyl (C=O) groups is 1. The molecule has 21 heavy (non-hydrogen) atoms. The van der Waals surface area contributed by atoms with E-state index < -0.39 is 17.6 Å². The van der Waals surface area contributed by atoms with Gasteiger partial charge in [-0.3, -0.25) is 0 Å². The van der Waals surface area contributed by atoms with Crippen molar-refractivity contribution in [3.05, 3.63) is 53.6 Å². The van der Waals surface area contributed by atoms with Crippen LogP contribution < -0.4 is 5.73 Å². The molecule has 0 unspecified atom stereocenters. The average molecular weight is 309 g/mol. The van der Waals surface area contributed by atoms with Gasteiger partial charge in [0.2, 0.25) is 0 Å². The fourth-order valence-corrected chi connectivity index (χ4v) is 2.68. The Hall–Kier alpha value is -2.08. The van der Waals surface area contributed by atoms with E-state index in [2.05, 4.69) is 0 Å². The molecule has 2 aromatic carbocycles. The van der Waals surface area contributed by atoms with Crippen LogP contribution in [0.15, 0.2) is 46.2 Å². The van der Waals surface area contributed by atoms with Gasteiger partial charge in [0.05, 0.1) is 12.2 Å².